The third-order valence-electron chi connectivity index (χ3n) is 4.77. The Morgan fingerprint density at radius 1 is 0.829 bits per heavy atom. The van der Waals surface area contributed by atoms with Crippen LogP contribution in [-0.2, 0) is 12.4 Å². The summed E-state index contributed by atoms with van der Waals surface area (Å²) in [5.41, 5.74) is -3.74. The number of nitrogens with zero attached hydrogens (tertiary/aromatic N) is 4. The molecule has 5 nitrogen and oxygen atoms in total. The molecule has 0 N–H and O–H groups in total. The van der Waals surface area contributed by atoms with E-state index in [0.29, 0.717) is 28.3 Å². The number of benzene rings is 1. The van der Waals surface area contributed by atoms with Gasteiger partial charge in [-0.25, -0.2) is 18.3 Å². The second-order valence-corrected chi connectivity index (χ2v) is 7.07. The lowest BCUT2D eigenvalue weighted by Gasteiger charge is -2.17. The van der Waals surface area contributed by atoms with Gasteiger partial charge >= 0.3 is 18.8 Å². The summed E-state index contributed by atoms with van der Waals surface area (Å²) in [6.07, 6.45) is -13.4. The minimum atomic E-state index is -5.21. The van der Waals surface area contributed by atoms with Crippen LogP contribution in [0.5, 0.6) is 5.75 Å². The molecule has 0 fully saturated rings. The van der Waals surface area contributed by atoms with E-state index in [-0.39, 0.29) is 11.2 Å². The van der Waals surface area contributed by atoms with Gasteiger partial charge in [0.05, 0.1) is 17.5 Å². The van der Waals surface area contributed by atoms with E-state index in [1.165, 1.54) is 24.5 Å². The first-order valence-corrected chi connectivity index (χ1v) is 9.53. The summed E-state index contributed by atoms with van der Waals surface area (Å²) in [6.45, 7) is 0. The summed E-state index contributed by atoms with van der Waals surface area (Å²) in [5, 5.41) is 3.72. The Morgan fingerprint density at radius 3 is 2.11 bits per heavy atom. The van der Waals surface area contributed by atoms with Crippen molar-refractivity contribution in [2.45, 2.75) is 25.1 Å². The van der Waals surface area contributed by atoms with Crippen molar-refractivity contribution in [3.05, 3.63) is 66.2 Å². The van der Waals surface area contributed by atoms with Gasteiger partial charge in [0.1, 0.15) is 5.75 Å². The van der Waals surface area contributed by atoms with E-state index in [2.05, 4.69) is 19.8 Å². The molecule has 35 heavy (non-hydrogen) atoms. The predicted molar refractivity (Wildman–Crippen MR) is 103 cm³/mol. The maximum Gasteiger partial charge on any atom is 0.433 e. The summed E-state index contributed by atoms with van der Waals surface area (Å²) >= 11 is 0. The zero-order valence-corrected chi connectivity index (χ0v) is 16.9. The van der Waals surface area contributed by atoms with E-state index in [1.54, 1.807) is 0 Å². The van der Waals surface area contributed by atoms with Crippen LogP contribution in [0.2, 0.25) is 0 Å². The van der Waals surface area contributed by atoms with Crippen LogP contribution in [0.3, 0.4) is 0 Å². The van der Waals surface area contributed by atoms with E-state index in [1.807, 2.05) is 0 Å². The Balaban J connectivity index is 1.92. The molecular weight excluding hydrogens is 495 g/mol. The van der Waals surface area contributed by atoms with Crippen molar-refractivity contribution in [1.82, 2.24) is 19.6 Å². The predicted octanol–water partition coefficient (Wildman–Crippen LogP) is 6.44. The quantitative estimate of drug-likeness (QED) is 0.293. The highest BCUT2D eigenvalue weighted by atomic mass is 19.4. The Kier molecular flexibility index (Phi) is 6.07. The number of aromatic nitrogens is 4. The molecule has 4 aromatic rings. The lowest BCUT2D eigenvalue weighted by atomic mass is 10.0. The van der Waals surface area contributed by atoms with Crippen molar-refractivity contribution in [2.24, 2.45) is 0 Å². The maximum absolute atomic E-state index is 13.8. The van der Waals surface area contributed by atoms with Gasteiger partial charge in [0.15, 0.2) is 11.3 Å². The highest BCUT2D eigenvalue weighted by Crippen LogP contribution is 2.41. The van der Waals surface area contributed by atoms with Gasteiger partial charge in [-0.15, -0.1) is 0 Å². The highest BCUT2D eigenvalue weighted by Gasteiger charge is 2.38. The Hall–Kier alpha value is -3.84. The number of hydrogen-bond acceptors (Lipinski definition) is 4. The number of rotatable bonds is 5. The second-order valence-electron chi connectivity index (χ2n) is 7.07. The first kappa shape index (κ1) is 24.3. The highest BCUT2D eigenvalue weighted by molar-refractivity contribution is 5.79. The van der Waals surface area contributed by atoms with Gasteiger partial charge in [0.2, 0.25) is 0 Å². The molecule has 0 bridgehead atoms. The second kappa shape index (κ2) is 8.74. The Morgan fingerprint density at radius 2 is 1.51 bits per heavy atom. The van der Waals surface area contributed by atoms with E-state index in [9.17, 15) is 39.5 Å². The lowest BCUT2D eigenvalue weighted by molar-refractivity contribution is -0.143. The Labute approximate surface area is 189 Å². The molecule has 4 rings (SSSR count). The standard InChI is InChI=1S/C21H11F9N4O/c22-17(23)18(24)35-15-2-1-11(7-13(15)20(25,26)27)14-8-16(21(28,29)30)34-19(33-14)12(9-32-34)10-3-5-31-6-4-10/h1-9,17-18H. The average molecular weight is 506 g/mol. The van der Waals surface area contributed by atoms with Crippen LogP contribution in [0.4, 0.5) is 39.5 Å². The van der Waals surface area contributed by atoms with Crippen LogP contribution < -0.4 is 4.74 Å². The summed E-state index contributed by atoms with van der Waals surface area (Å²) in [4.78, 5) is 7.89. The van der Waals surface area contributed by atoms with Crippen LogP contribution in [0.25, 0.3) is 28.0 Å². The van der Waals surface area contributed by atoms with Gasteiger partial charge in [-0.05, 0) is 42.0 Å². The van der Waals surface area contributed by atoms with Crippen LogP contribution >= 0.6 is 0 Å². The molecular formula is C21H11F9N4O. The molecule has 1 atom stereocenters. The molecule has 0 aliphatic carbocycles. The van der Waals surface area contributed by atoms with Crippen molar-refractivity contribution < 1.29 is 44.3 Å². The fourth-order valence-corrected chi connectivity index (χ4v) is 3.23. The summed E-state index contributed by atoms with van der Waals surface area (Å²) in [6, 6.07) is 5.17. The smallest absolute Gasteiger partial charge is 0.433 e. The van der Waals surface area contributed by atoms with Crippen LogP contribution in [0.1, 0.15) is 11.3 Å². The molecule has 0 amide bonds. The van der Waals surface area contributed by atoms with Crippen LogP contribution in [-0.4, -0.2) is 32.4 Å². The van der Waals surface area contributed by atoms with Gasteiger partial charge in [0, 0.05) is 23.5 Å². The van der Waals surface area contributed by atoms with E-state index >= 15 is 0 Å². The van der Waals surface area contributed by atoms with Gasteiger partial charge in [-0.3, -0.25) is 4.98 Å². The molecule has 0 radical (unpaired) electrons. The fraction of sp³-hybridized carbons (Fsp3) is 0.190. The van der Waals surface area contributed by atoms with Gasteiger partial charge in [-0.1, -0.05) is 0 Å². The molecule has 0 saturated heterocycles. The molecule has 184 valence electrons. The topological polar surface area (TPSA) is 52.3 Å². The third-order valence-corrected chi connectivity index (χ3v) is 4.77. The molecule has 0 spiro atoms. The van der Waals surface area contributed by atoms with Crippen molar-refractivity contribution in [2.75, 3.05) is 0 Å². The summed E-state index contributed by atoms with van der Waals surface area (Å²) in [5.74, 6) is -1.26. The third kappa shape index (κ3) is 4.86. The minimum absolute atomic E-state index is 0.146. The zero-order valence-electron chi connectivity index (χ0n) is 16.9. The number of halogens is 9. The van der Waals surface area contributed by atoms with E-state index in [4.69, 9.17) is 0 Å². The van der Waals surface area contributed by atoms with Gasteiger partial charge < -0.3 is 4.74 Å². The largest absolute Gasteiger partial charge is 0.454 e. The van der Waals surface area contributed by atoms with Crippen LogP contribution in [0, 0.1) is 0 Å². The lowest BCUT2D eigenvalue weighted by Crippen LogP contribution is -2.21. The maximum atomic E-state index is 13.8. The normalized spacial score (nSPS) is 13.4. The first-order valence-electron chi connectivity index (χ1n) is 9.53. The zero-order chi connectivity index (χ0) is 25.5. The van der Waals surface area contributed by atoms with Gasteiger partial charge in [0.25, 0.3) is 6.36 Å². The SMILES string of the molecule is FC(F)C(F)Oc1ccc(-c2cc(C(F)(F)F)n3ncc(-c4ccncc4)c3n2)cc1C(F)(F)F. The molecule has 0 aliphatic heterocycles. The number of alkyl halides is 9. The van der Waals surface area contributed by atoms with Crippen molar-refractivity contribution in [3.8, 4) is 28.1 Å². The molecule has 1 aromatic carbocycles. The number of fused-ring (bicyclic) bond motifs is 1. The molecule has 14 heteroatoms. The number of pyridine rings is 1. The summed E-state index contributed by atoms with van der Waals surface area (Å²) < 4.78 is 125. The molecule has 3 aromatic heterocycles. The van der Waals surface area contributed by atoms with Crippen molar-refractivity contribution in [1.29, 1.82) is 0 Å². The van der Waals surface area contributed by atoms with E-state index < -0.39 is 53.4 Å². The van der Waals surface area contributed by atoms with Crippen molar-refractivity contribution in [3.63, 3.8) is 0 Å². The van der Waals surface area contributed by atoms with Crippen molar-refractivity contribution >= 4 is 5.65 Å². The van der Waals surface area contributed by atoms with E-state index in [0.717, 1.165) is 12.3 Å². The Bertz CT molecular complexity index is 1350. The average Bonchev–Trinajstić information content (AvgIpc) is 3.21. The minimum Gasteiger partial charge on any atom is -0.454 e. The van der Waals surface area contributed by atoms with Gasteiger partial charge in [-0.2, -0.15) is 35.8 Å². The number of ether oxygens (including phenoxy) is 1. The fourth-order valence-electron chi connectivity index (χ4n) is 3.23. The van der Waals surface area contributed by atoms with Crippen LogP contribution in [0.15, 0.2) is 55.0 Å². The first-order chi connectivity index (χ1) is 16.4. The summed E-state index contributed by atoms with van der Waals surface area (Å²) in [7, 11) is 0. The molecule has 3 heterocycles. The monoisotopic (exact) mass is 506 g/mol. The molecule has 0 aliphatic rings. The molecule has 1 unspecified atom stereocenters. The number of hydrogen-bond donors (Lipinski definition) is 0. The molecule has 0 saturated carbocycles.